The van der Waals surface area contributed by atoms with Gasteiger partial charge in [-0.1, -0.05) is 18.2 Å². The summed E-state index contributed by atoms with van der Waals surface area (Å²) in [5.41, 5.74) is 7.01. The zero-order chi connectivity index (χ0) is 11.6. The van der Waals surface area contributed by atoms with Crippen molar-refractivity contribution in [3.05, 3.63) is 29.8 Å². The van der Waals surface area contributed by atoms with Crippen molar-refractivity contribution in [2.45, 2.75) is 25.3 Å². The van der Waals surface area contributed by atoms with Gasteiger partial charge in [0.25, 0.3) is 0 Å². The van der Waals surface area contributed by atoms with Crippen molar-refractivity contribution in [2.24, 2.45) is 5.73 Å². The van der Waals surface area contributed by atoms with Gasteiger partial charge in [-0.15, -0.1) is 0 Å². The van der Waals surface area contributed by atoms with Crippen LogP contribution in [-0.2, 0) is 5.54 Å². The highest BCUT2D eigenvalue weighted by molar-refractivity contribution is 5.88. The van der Waals surface area contributed by atoms with Crippen LogP contribution in [0.25, 0.3) is 0 Å². The quantitative estimate of drug-likeness (QED) is 0.709. The first-order valence-corrected chi connectivity index (χ1v) is 5.53. The van der Waals surface area contributed by atoms with Crippen LogP contribution in [0, 0.1) is 0 Å². The number of hydrogen-bond acceptors (Lipinski definition) is 2. The zero-order valence-electron chi connectivity index (χ0n) is 9.42. The summed E-state index contributed by atoms with van der Waals surface area (Å²) < 4.78 is 0. The van der Waals surface area contributed by atoms with Crippen LogP contribution in [-0.4, -0.2) is 12.6 Å². The highest BCUT2D eigenvalue weighted by atomic mass is 16.2. The molecular formula is C12H17N3O. The Labute approximate surface area is 95.2 Å². The SMILES string of the molecule is CC1(c2ccccc2NC(N)=O)CCCN1. The number of nitrogens with one attached hydrogen (secondary N) is 2. The number of carbonyl (C=O) groups excluding carboxylic acids is 1. The van der Waals surface area contributed by atoms with Crippen molar-refractivity contribution in [3.8, 4) is 0 Å². The first kappa shape index (κ1) is 11.0. The third kappa shape index (κ3) is 2.02. The maximum Gasteiger partial charge on any atom is 0.316 e. The molecule has 2 rings (SSSR count). The van der Waals surface area contributed by atoms with Crippen LogP contribution in [0.15, 0.2) is 24.3 Å². The number of primary amides is 1. The first-order valence-electron chi connectivity index (χ1n) is 5.53. The van der Waals surface area contributed by atoms with E-state index in [1.165, 1.54) is 0 Å². The number of benzene rings is 1. The summed E-state index contributed by atoms with van der Waals surface area (Å²) in [6, 6.07) is 7.27. The number of rotatable bonds is 2. The van der Waals surface area contributed by atoms with Crippen molar-refractivity contribution >= 4 is 11.7 Å². The molecule has 0 aromatic heterocycles. The van der Waals surface area contributed by atoms with Crippen LogP contribution in [0.3, 0.4) is 0 Å². The number of carbonyl (C=O) groups is 1. The maximum atomic E-state index is 10.9. The minimum atomic E-state index is -0.519. The average molecular weight is 219 g/mol. The Balaban J connectivity index is 2.35. The molecule has 2 amide bonds. The summed E-state index contributed by atoms with van der Waals surface area (Å²) in [5, 5.41) is 6.15. The van der Waals surface area contributed by atoms with E-state index in [0.29, 0.717) is 0 Å². The largest absolute Gasteiger partial charge is 0.351 e. The first-order chi connectivity index (χ1) is 7.62. The van der Waals surface area contributed by atoms with Crippen LogP contribution < -0.4 is 16.4 Å². The Hall–Kier alpha value is -1.55. The Morgan fingerprint density at radius 1 is 1.50 bits per heavy atom. The molecule has 0 saturated carbocycles. The average Bonchev–Trinajstić information content (AvgIpc) is 2.66. The van der Waals surface area contributed by atoms with E-state index in [1.807, 2.05) is 24.3 Å². The van der Waals surface area contributed by atoms with Gasteiger partial charge in [-0.2, -0.15) is 0 Å². The summed E-state index contributed by atoms with van der Waals surface area (Å²) in [6.07, 6.45) is 2.23. The third-order valence-electron chi connectivity index (χ3n) is 3.15. The van der Waals surface area contributed by atoms with Gasteiger partial charge in [0.1, 0.15) is 0 Å². The second-order valence-electron chi connectivity index (χ2n) is 4.40. The molecule has 1 atom stereocenters. The van der Waals surface area contributed by atoms with E-state index in [2.05, 4.69) is 17.6 Å². The number of amides is 2. The van der Waals surface area contributed by atoms with Gasteiger partial charge in [0.2, 0.25) is 0 Å². The summed E-state index contributed by atoms with van der Waals surface area (Å²) in [4.78, 5) is 10.9. The highest BCUT2D eigenvalue weighted by Crippen LogP contribution is 2.34. The molecule has 1 aromatic rings. The van der Waals surface area contributed by atoms with Crippen LogP contribution in [0.1, 0.15) is 25.3 Å². The van der Waals surface area contributed by atoms with Crippen LogP contribution in [0.2, 0.25) is 0 Å². The summed E-state index contributed by atoms with van der Waals surface area (Å²) in [5.74, 6) is 0. The monoisotopic (exact) mass is 219 g/mol. The topological polar surface area (TPSA) is 67.1 Å². The Morgan fingerprint density at radius 3 is 2.88 bits per heavy atom. The molecule has 1 fully saturated rings. The Kier molecular flexibility index (Phi) is 2.83. The highest BCUT2D eigenvalue weighted by Gasteiger charge is 2.31. The number of anilines is 1. The van der Waals surface area contributed by atoms with Crippen molar-refractivity contribution in [1.82, 2.24) is 5.32 Å². The normalized spacial score (nSPS) is 24.3. The molecule has 0 spiro atoms. The Morgan fingerprint density at radius 2 is 2.25 bits per heavy atom. The standard InChI is InChI=1S/C12H17N3O/c1-12(7-4-8-14-12)9-5-2-3-6-10(9)15-11(13)16/h2-3,5-6,14H,4,7-8H2,1H3,(H3,13,15,16). The number of urea groups is 1. The molecule has 0 bridgehead atoms. The fraction of sp³-hybridized carbons (Fsp3) is 0.417. The van der Waals surface area contributed by atoms with Gasteiger partial charge in [0.05, 0.1) is 0 Å². The van der Waals surface area contributed by atoms with Gasteiger partial charge < -0.3 is 16.4 Å². The minimum absolute atomic E-state index is 0.0565. The lowest BCUT2D eigenvalue weighted by Crippen LogP contribution is -2.34. The van der Waals surface area contributed by atoms with Crippen LogP contribution in [0.5, 0.6) is 0 Å². The number of nitrogens with two attached hydrogens (primary N) is 1. The van der Waals surface area contributed by atoms with E-state index in [4.69, 9.17) is 5.73 Å². The molecule has 1 aliphatic heterocycles. The van der Waals surface area contributed by atoms with Crippen molar-refractivity contribution in [1.29, 1.82) is 0 Å². The zero-order valence-corrected chi connectivity index (χ0v) is 9.42. The molecular weight excluding hydrogens is 202 g/mol. The number of hydrogen-bond donors (Lipinski definition) is 3. The molecule has 4 heteroatoms. The van der Waals surface area contributed by atoms with E-state index in [1.54, 1.807) is 0 Å². The second kappa shape index (κ2) is 4.14. The maximum absolute atomic E-state index is 10.9. The fourth-order valence-electron chi connectivity index (χ4n) is 2.33. The van der Waals surface area contributed by atoms with Gasteiger partial charge in [0, 0.05) is 11.2 Å². The van der Waals surface area contributed by atoms with Crippen LogP contribution in [0.4, 0.5) is 10.5 Å². The van der Waals surface area contributed by atoms with E-state index in [9.17, 15) is 4.79 Å². The van der Waals surface area contributed by atoms with Crippen molar-refractivity contribution in [2.75, 3.05) is 11.9 Å². The van der Waals surface area contributed by atoms with E-state index >= 15 is 0 Å². The smallest absolute Gasteiger partial charge is 0.316 e. The predicted molar refractivity (Wildman–Crippen MR) is 64.2 cm³/mol. The lowest BCUT2D eigenvalue weighted by atomic mass is 9.89. The van der Waals surface area contributed by atoms with E-state index in [-0.39, 0.29) is 5.54 Å². The molecule has 1 unspecified atom stereocenters. The van der Waals surface area contributed by atoms with Crippen LogP contribution >= 0.6 is 0 Å². The summed E-state index contributed by atoms with van der Waals surface area (Å²) in [6.45, 7) is 3.17. The van der Waals surface area contributed by atoms with Gasteiger partial charge in [0.15, 0.2) is 0 Å². The fourth-order valence-corrected chi connectivity index (χ4v) is 2.33. The number of para-hydroxylation sites is 1. The van der Waals surface area contributed by atoms with Gasteiger partial charge in [-0.05, 0) is 37.9 Å². The van der Waals surface area contributed by atoms with Crippen molar-refractivity contribution in [3.63, 3.8) is 0 Å². The molecule has 1 saturated heterocycles. The van der Waals surface area contributed by atoms with Gasteiger partial charge in [-0.25, -0.2) is 4.79 Å². The van der Waals surface area contributed by atoms with E-state index < -0.39 is 6.03 Å². The molecule has 0 radical (unpaired) electrons. The minimum Gasteiger partial charge on any atom is -0.351 e. The molecule has 1 aromatic carbocycles. The predicted octanol–water partition coefficient (Wildman–Crippen LogP) is 1.78. The molecule has 86 valence electrons. The molecule has 4 nitrogen and oxygen atoms in total. The molecule has 0 aliphatic carbocycles. The van der Waals surface area contributed by atoms with E-state index in [0.717, 1.165) is 30.6 Å². The summed E-state index contributed by atoms with van der Waals surface area (Å²) >= 11 is 0. The molecule has 4 N–H and O–H groups in total. The van der Waals surface area contributed by atoms with Gasteiger partial charge in [-0.3, -0.25) is 0 Å². The third-order valence-corrected chi connectivity index (χ3v) is 3.15. The molecule has 1 heterocycles. The van der Waals surface area contributed by atoms with Crippen molar-refractivity contribution < 1.29 is 4.79 Å². The lowest BCUT2D eigenvalue weighted by Gasteiger charge is -2.27. The summed E-state index contributed by atoms with van der Waals surface area (Å²) in [7, 11) is 0. The molecule has 1 aliphatic rings. The Bertz CT molecular complexity index is 397. The second-order valence-corrected chi connectivity index (χ2v) is 4.40. The van der Waals surface area contributed by atoms with Gasteiger partial charge >= 0.3 is 6.03 Å². The molecule has 16 heavy (non-hydrogen) atoms. The lowest BCUT2D eigenvalue weighted by molar-refractivity contribution is 0.259.